The Morgan fingerprint density at radius 1 is 1.25 bits per heavy atom. The largest absolute Gasteiger partial charge is 0.481 e. The van der Waals surface area contributed by atoms with Gasteiger partial charge in [0, 0.05) is 11.6 Å². The van der Waals surface area contributed by atoms with E-state index in [9.17, 15) is 13.2 Å². The van der Waals surface area contributed by atoms with Crippen LogP contribution in [0.1, 0.15) is 33.1 Å². The van der Waals surface area contributed by atoms with Crippen LogP contribution in [0.4, 0.5) is 0 Å². The molecule has 0 unspecified atom stereocenters. The summed E-state index contributed by atoms with van der Waals surface area (Å²) in [4.78, 5) is 10.9. The van der Waals surface area contributed by atoms with Gasteiger partial charge < -0.3 is 5.11 Å². The number of hydrogen-bond acceptors (Lipinski definition) is 4. The minimum Gasteiger partial charge on any atom is -0.481 e. The average molecular weight is 394 g/mol. The van der Waals surface area contributed by atoms with Gasteiger partial charge in [-0.3, -0.25) is 4.79 Å². The van der Waals surface area contributed by atoms with E-state index in [4.69, 9.17) is 16.7 Å². The minimum absolute atomic E-state index is 0.161. The molecule has 24 heavy (non-hydrogen) atoms. The van der Waals surface area contributed by atoms with Crippen molar-refractivity contribution >= 4 is 39.4 Å². The number of halogens is 1. The molecule has 136 valence electrons. The Morgan fingerprint density at radius 2 is 1.88 bits per heavy atom. The Kier molecular flexibility index (Phi) is 8.56. The molecular formula is C16H24ClNO4S2. The Bertz CT molecular complexity index is 630. The van der Waals surface area contributed by atoms with Crippen molar-refractivity contribution in [1.29, 1.82) is 0 Å². The molecule has 0 atom stereocenters. The van der Waals surface area contributed by atoms with Gasteiger partial charge >= 0.3 is 5.97 Å². The Balaban J connectivity index is 2.22. The lowest BCUT2D eigenvalue weighted by molar-refractivity contribution is -0.139. The Labute approximate surface area is 153 Å². The zero-order valence-corrected chi connectivity index (χ0v) is 16.3. The average Bonchev–Trinajstić information content (AvgIpc) is 2.45. The molecule has 0 aliphatic rings. The molecule has 0 spiro atoms. The molecule has 5 nitrogen and oxygen atoms in total. The molecule has 0 heterocycles. The first-order valence-corrected chi connectivity index (χ1v) is 10.7. The van der Waals surface area contributed by atoms with Crippen molar-refractivity contribution in [2.75, 3.05) is 18.1 Å². The quantitative estimate of drug-likeness (QED) is 0.561. The monoisotopic (exact) mass is 393 g/mol. The second-order valence-corrected chi connectivity index (χ2v) is 9.73. The highest BCUT2D eigenvalue weighted by atomic mass is 35.5. The van der Waals surface area contributed by atoms with Crippen LogP contribution < -0.4 is 4.72 Å². The summed E-state index contributed by atoms with van der Waals surface area (Å²) in [6.45, 7) is 4.26. The molecule has 2 N–H and O–H groups in total. The lowest BCUT2D eigenvalue weighted by Gasteiger charge is -2.21. The molecule has 0 aliphatic heterocycles. The van der Waals surface area contributed by atoms with E-state index in [1.165, 1.54) is 12.1 Å². The highest BCUT2D eigenvalue weighted by molar-refractivity contribution is 7.99. The second kappa shape index (κ2) is 9.65. The van der Waals surface area contributed by atoms with E-state index >= 15 is 0 Å². The van der Waals surface area contributed by atoms with Crippen molar-refractivity contribution in [2.45, 2.75) is 38.0 Å². The summed E-state index contributed by atoms with van der Waals surface area (Å²) in [7, 11) is -3.49. The van der Waals surface area contributed by atoms with Gasteiger partial charge in [0.15, 0.2) is 0 Å². The van der Waals surface area contributed by atoms with E-state index in [1.807, 2.05) is 13.8 Å². The molecule has 0 saturated heterocycles. The maximum Gasteiger partial charge on any atom is 0.303 e. The number of thioether (sulfide) groups is 1. The highest BCUT2D eigenvalue weighted by Crippen LogP contribution is 2.27. The molecule has 0 amide bonds. The summed E-state index contributed by atoms with van der Waals surface area (Å²) in [5, 5.41) is 9.32. The molecule has 0 radical (unpaired) electrons. The number of carboxylic acid groups (broad SMARTS) is 1. The maximum absolute atomic E-state index is 12.0. The normalized spacial score (nSPS) is 12.3. The predicted octanol–water partition coefficient (Wildman–Crippen LogP) is 3.63. The Hall–Kier alpha value is -0.760. The van der Waals surface area contributed by atoms with Gasteiger partial charge in [0.05, 0.1) is 11.3 Å². The maximum atomic E-state index is 12.0. The third-order valence-electron chi connectivity index (χ3n) is 3.43. The van der Waals surface area contributed by atoms with Crippen LogP contribution in [-0.4, -0.2) is 37.5 Å². The van der Waals surface area contributed by atoms with E-state index in [-0.39, 0.29) is 16.7 Å². The van der Waals surface area contributed by atoms with Crippen LogP contribution in [-0.2, 0) is 14.8 Å². The van der Waals surface area contributed by atoms with Crippen LogP contribution in [0.3, 0.4) is 0 Å². The van der Waals surface area contributed by atoms with E-state index < -0.39 is 16.0 Å². The van der Waals surface area contributed by atoms with Gasteiger partial charge in [0.2, 0.25) is 10.0 Å². The zero-order valence-electron chi connectivity index (χ0n) is 13.9. The summed E-state index contributed by atoms with van der Waals surface area (Å²) in [6, 6.07) is 6.05. The number of carboxylic acids is 1. The summed E-state index contributed by atoms with van der Waals surface area (Å²) < 4.78 is 26.7. The molecule has 0 bridgehead atoms. The van der Waals surface area contributed by atoms with Crippen LogP contribution in [0.25, 0.3) is 0 Å². The van der Waals surface area contributed by atoms with Gasteiger partial charge in [-0.15, -0.1) is 0 Å². The number of benzene rings is 1. The Morgan fingerprint density at radius 3 is 2.46 bits per heavy atom. The SMILES string of the molecule is CC(C)(CCSCCCNS(=O)(=O)c1ccc(Cl)cc1)CC(=O)O. The summed E-state index contributed by atoms with van der Waals surface area (Å²) in [5.74, 6) is 0.915. The van der Waals surface area contributed by atoms with Gasteiger partial charge in [-0.25, -0.2) is 13.1 Å². The fraction of sp³-hybridized carbons (Fsp3) is 0.562. The van der Waals surface area contributed by atoms with E-state index in [0.717, 1.165) is 24.3 Å². The number of sulfonamides is 1. The van der Waals surface area contributed by atoms with Gasteiger partial charge in [-0.1, -0.05) is 25.4 Å². The minimum atomic E-state index is -3.49. The number of hydrogen-bond donors (Lipinski definition) is 2. The van der Waals surface area contributed by atoms with E-state index in [2.05, 4.69) is 4.72 Å². The van der Waals surface area contributed by atoms with Gasteiger partial charge in [-0.05, 0) is 54.0 Å². The zero-order chi connectivity index (χ0) is 18.2. The first kappa shape index (κ1) is 21.3. The van der Waals surface area contributed by atoms with Crippen LogP contribution in [0.5, 0.6) is 0 Å². The first-order valence-electron chi connectivity index (χ1n) is 7.67. The fourth-order valence-electron chi connectivity index (χ4n) is 2.03. The van der Waals surface area contributed by atoms with Gasteiger partial charge in [0.25, 0.3) is 0 Å². The second-order valence-electron chi connectivity index (χ2n) is 6.30. The summed E-state index contributed by atoms with van der Waals surface area (Å²) >= 11 is 7.46. The fourth-order valence-corrected chi connectivity index (χ4v) is 4.48. The summed E-state index contributed by atoms with van der Waals surface area (Å²) in [5.41, 5.74) is -0.213. The van der Waals surface area contributed by atoms with Crippen molar-refractivity contribution < 1.29 is 18.3 Å². The van der Waals surface area contributed by atoms with Crippen molar-refractivity contribution in [3.63, 3.8) is 0 Å². The third kappa shape index (κ3) is 8.37. The first-order chi connectivity index (χ1) is 11.1. The van der Waals surface area contributed by atoms with Gasteiger partial charge in [0.1, 0.15) is 0 Å². The number of rotatable bonds is 11. The van der Waals surface area contributed by atoms with E-state index in [0.29, 0.717) is 11.6 Å². The number of carbonyl (C=O) groups is 1. The van der Waals surface area contributed by atoms with Crippen molar-refractivity contribution in [3.05, 3.63) is 29.3 Å². The van der Waals surface area contributed by atoms with Crippen molar-refractivity contribution in [3.8, 4) is 0 Å². The molecule has 0 aromatic heterocycles. The van der Waals surface area contributed by atoms with Crippen LogP contribution in [0.2, 0.25) is 5.02 Å². The highest BCUT2D eigenvalue weighted by Gasteiger charge is 2.21. The number of nitrogens with one attached hydrogen (secondary N) is 1. The van der Waals surface area contributed by atoms with Crippen LogP contribution in [0, 0.1) is 5.41 Å². The van der Waals surface area contributed by atoms with Gasteiger partial charge in [-0.2, -0.15) is 11.8 Å². The molecular weight excluding hydrogens is 370 g/mol. The molecule has 1 aromatic carbocycles. The topological polar surface area (TPSA) is 83.5 Å². The molecule has 0 fully saturated rings. The molecule has 1 aromatic rings. The van der Waals surface area contributed by atoms with Crippen LogP contribution >= 0.6 is 23.4 Å². The third-order valence-corrected chi connectivity index (χ3v) is 6.23. The smallest absolute Gasteiger partial charge is 0.303 e. The number of aliphatic carboxylic acids is 1. The van der Waals surface area contributed by atoms with Crippen molar-refractivity contribution in [2.24, 2.45) is 5.41 Å². The molecule has 0 aliphatic carbocycles. The summed E-state index contributed by atoms with van der Waals surface area (Å²) in [6.07, 6.45) is 1.70. The molecule has 0 saturated carbocycles. The molecule has 1 rings (SSSR count). The van der Waals surface area contributed by atoms with Crippen molar-refractivity contribution in [1.82, 2.24) is 4.72 Å². The van der Waals surface area contributed by atoms with Crippen LogP contribution in [0.15, 0.2) is 29.2 Å². The standard InChI is InChI=1S/C16H24ClNO4S2/c1-16(2,12-15(19)20)8-11-23-10-3-9-18-24(21,22)14-6-4-13(17)5-7-14/h4-7,18H,3,8-12H2,1-2H3,(H,19,20). The lowest BCUT2D eigenvalue weighted by atomic mass is 9.87. The predicted molar refractivity (Wildman–Crippen MR) is 99.2 cm³/mol. The van der Waals surface area contributed by atoms with E-state index in [1.54, 1.807) is 23.9 Å². The lowest BCUT2D eigenvalue weighted by Crippen LogP contribution is -2.25. The molecule has 8 heteroatoms.